The molecule has 3 aliphatic rings. The number of pyridine rings is 1. The van der Waals surface area contributed by atoms with Crippen molar-refractivity contribution in [2.45, 2.75) is 84.1 Å². The van der Waals surface area contributed by atoms with Gasteiger partial charge in [-0.1, -0.05) is 32.9 Å². The van der Waals surface area contributed by atoms with Crippen LogP contribution in [0.5, 0.6) is 0 Å². The number of epoxide rings is 1. The molecule has 13 heteroatoms. The van der Waals surface area contributed by atoms with Gasteiger partial charge < -0.3 is 24.9 Å². The molecule has 4 unspecified atom stereocenters. The number of Topliss-reactive ketones (excluding diaryl/α,β-unsaturated/α-hetero) is 1. The van der Waals surface area contributed by atoms with E-state index in [0.29, 0.717) is 32.8 Å². The average Bonchev–Trinajstić information content (AvgIpc) is 3.58. The lowest BCUT2D eigenvalue weighted by molar-refractivity contribution is -0.132. The third-order valence-corrected chi connectivity index (χ3v) is 7.90. The van der Waals surface area contributed by atoms with Gasteiger partial charge in [-0.2, -0.15) is 0 Å². The molecular formula is C32H46N6O7. The number of aromatic nitrogens is 1. The van der Waals surface area contributed by atoms with Gasteiger partial charge in [0, 0.05) is 44.9 Å². The third-order valence-electron chi connectivity index (χ3n) is 7.90. The zero-order chi connectivity index (χ0) is 32.6. The maximum atomic E-state index is 13.7. The zero-order valence-corrected chi connectivity index (χ0v) is 26.9. The summed E-state index contributed by atoms with van der Waals surface area (Å²) in [7, 11) is 0. The lowest BCUT2D eigenvalue weighted by Gasteiger charge is -2.27. The van der Waals surface area contributed by atoms with Crippen molar-refractivity contribution < 1.29 is 33.5 Å². The van der Waals surface area contributed by atoms with E-state index in [1.54, 1.807) is 31.5 Å². The molecule has 3 amide bonds. The van der Waals surface area contributed by atoms with Crippen LogP contribution < -0.4 is 10.6 Å². The van der Waals surface area contributed by atoms with Gasteiger partial charge in [0.2, 0.25) is 5.91 Å². The normalized spacial score (nSPS) is 23.2. The molecule has 0 radical (unpaired) electrons. The Morgan fingerprint density at radius 3 is 2.36 bits per heavy atom. The summed E-state index contributed by atoms with van der Waals surface area (Å²) in [5.41, 5.74) is -0.00574. The summed E-state index contributed by atoms with van der Waals surface area (Å²) in [6, 6.07) is 1.67. The minimum atomic E-state index is -1.05. The fraction of sp³-hybridized carbons (Fsp3) is 0.656. The Kier molecular flexibility index (Phi) is 11.9. The lowest BCUT2D eigenvalue weighted by Crippen LogP contribution is -2.55. The first kappa shape index (κ1) is 34.3. The second kappa shape index (κ2) is 15.6. The predicted octanol–water partition coefficient (Wildman–Crippen LogP) is 1.49. The van der Waals surface area contributed by atoms with Crippen LogP contribution in [0.4, 0.5) is 0 Å². The minimum absolute atomic E-state index is 0.00191. The number of oxime groups is 1. The summed E-state index contributed by atoms with van der Waals surface area (Å²) >= 11 is 0. The van der Waals surface area contributed by atoms with E-state index in [1.165, 1.54) is 0 Å². The zero-order valence-electron chi connectivity index (χ0n) is 26.9. The Hall–Kier alpha value is -3.55. The second-order valence-corrected chi connectivity index (χ2v) is 13.0. The van der Waals surface area contributed by atoms with Gasteiger partial charge in [0.05, 0.1) is 25.9 Å². The topological polar surface area (TPSA) is 164 Å². The molecule has 0 saturated carbocycles. The average molecular weight is 627 g/mol. The van der Waals surface area contributed by atoms with Crippen molar-refractivity contribution in [2.75, 3.05) is 39.5 Å². The fourth-order valence-corrected chi connectivity index (χ4v) is 5.29. The molecule has 2 N–H and O–H groups in total. The number of hydrogen-bond donors (Lipinski definition) is 2. The number of carbonyl (C=O) groups excluding carboxylic acids is 4. The highest BCUT2D eigenvalue weighted by atomic mass is 16.6. The molecule has 0 aromatic carbocycles. The van der Waals surface area contributed by atoms with Crippen molar-refractivity contribution in [1.82, 2.24) is 20.5 Å². The molecule has 3 aliphatic heterocycles. The number of morpholine rings is 1. The van der Waals surface area contributed by atoms with E-state index in [0.717, 1.165) is 18.7 Å². The van der Waals surface area contributed by atoms with Crippen LogP contribution in [-0.4, -0.2) is 108 Å². The monoisotopic (exact) mass is 626 g/mol. The highest BCUT2D eigenvalue weighted by Crippen LogP contribution is 2.29. The van der Waals surface area contributed by atoms with Crippen LogP contribution in [0.1, 0.15) is 59.4 Å². The molecule has 1 aromatic rings. The maximum Gasteiger partial charge on any atom is 0.295 e. The first-order valence-electron chi connectivity index (χ1n) is 15.8. The van der Waals surface area contributed by atoms with Gasteiger partial charge in [-0.05, 0) is 49.3 Å². The third kappa shape index (κ3) is 10.2. The molecule has 246 valence electrons. The number of ketones is 1. The first-order valence-corrected chi connectivity index (χ1v) is 15.8. The summed E-state index contributed by atoms with van der Waals surface area (Å²) in [6.45, 7) is 13.3. The van der Waals surface area contributed by atoms with Crippen molar-refractivity contribution in [3.05, 3.63) is 30.1 Å². The summed E-state index contributed by atoms with van der Waals surface area (Å²) in [4.78, 5) is 69.7. The van der Waals surface area contributed by atoms with E-state index >= 15 is 0 Å². The minimum Gasteiger partial charge on any atom is -0.390 e. The highest BCUT2D eigenvalue weighted by Gasteiger charge is 2.50. The predicted molar refractivity (Wildman–Crippen MR) is 167 cm³/mol. The maximum absolute atomic E-state index is 13.7. The standard InChI is InChI=1S/C32H46N6O7/c1-20(2)14-24(28(39)32(5)19-44-32)34-30(41)26(16-22-6-8-33-9-7-22)36-29(40)25(15-21(3)4)35-31(42)27-17-23(45-37-27)18-38-10-12-43-13-11-38/h6-9,20-21,23-24,26H,10-19H2,1-5H3,(H,34,41)(H,36,40). The van der Waals surface area contributed by atoms with E-state index in [1.807, 2.05) is 27.7 Å². The molecule has 2 saturated heterocycles. The highest BCUT2D eigenvalue weighted by molar-refractivity contribution is 6.47. The molecule has 0 spiro atoms. The van der Waals surface area contributed by atoms with Gasteiger partial charge in [0.25, 0.3) is 11.8 Å². The number of rotatable bonds is 15. The van der Waals surface area contributed by atoms with Crippen LogP contribution in [0.3, 0.4) is 0 Å². The summed E-state index contributed by atoms with van der Waals surface area (Å²) in [6.07, 6.45) is 3.98. The van der Waals surface area contributed by atoms with Gasteiger partial charge >= 0.3 is 0 Å². The van der Waals surface area contributed by atoms with Crippen molar-refractivity contribution >= 4 is 34.9 Å². The smallest absolute Gasteiger partial charge is 0.295 e. The number of nitrogens with one attached hydrogen (secondary N) is 2. The fourth-order valence-electron chi connectivity index (χ4n) is 5.29. The Morgan fingerprint density at radius 1 is 1.04 bits per heavy atom. The Bertz CT molecular complexity index is 1270. The number of aliphatic imine (C=N–C) groups is 1. The first-order chi connectivity index (χ1) is 21.4. The van der Waals surface area contributed by atoms with Crippen LogP contribution in [-0.2, 0) is 39.9 Å². The van der Waals surface area contributed by atoms with Crippen molar-refractivity contribution in [3.8, 4) is 0 Å². The van der Waals surface area contributed by atoms with Gasteiger partial charge in [0.15, 0.2) is 11.5 Å². The molecular weight excluding hydrogens is 580 g/mol. The summed E-state index contributed by atoms with van der Waals surface area (Å²) in [5, 5.41) is 9.64. The molecule has 4 rings (SSSR count). The van der Waals surface area contributed by atoms with E-state index < -0.39 is 35.4 Å². The molecule has 0 aliphatic carbocycles. The number of amides is 3. The van der Waals surface area contributed by atoms with E-state index in [-0.39, 0.29) is 54.4 Å². The molecule has 4 atom stereocenters. The summed E-state index contributed by atoms with van der Waals surface area (Å²) in [5.74, 6) is -1.86. The van der Waals surface area contributed by atoms with Crippen LogP contribution in [0.15, 0.2) is 34.7 Å². The van der Waals surface area contributed by atoms with Crippen LogP contribution in [0, 0.1) is 11.8 Å². The molecule has 45 heavy (non-hydrogen) atoms. The molecule has 4 heterocycles. The molecule has 2 fully saturated rings. The van der Waals surface area contributed by atoms with Crippen molar-refractivity contribution in [3.63, 3.8) is 0 Å². The molecule has 13 nitrogen and oxygen atoms in total. The van der Waals surface area contributed by atoms with Gasteiger partial charge in [-0.3, -0.25) is 29.1 Å². The van der Waals surface area contributed by atoms with Crippen LogP contribution in [0.2, 0.25) is 0 Å². The number of hydrogen-bond acceptors (Lipinski definition) is 10. The summed E-state index contributed by atoms with van der Waals surface area (Å²) < 4.78 is 10.8. The Balaban J connectivity index is 1.48. The number of carbonyl (C=O) groups is 4. The largest absolute Gasteiger partial charge is 0.390 e. The van der Waals surface area contributed by atoms with Crippen molar-refractivity contribution in [2.24, 2.45) is 22.0 Å². The van der Waals surface area contributed by atoms with E-state index in [2.05, 4.69) is 30.7 Å². The van der Waals surface area contributed by atoms with Crippen LogP contribution in [0.25, 0.3) is 0 Å². The SMILES string of the molecule is CC(C)CC(=NC(=O)C1=NOC(CN2CCOCC2)C1)C(=O)NC(Cc1ccncc1)C(=O)NC(CC(C)C)C(=O)C1(C)CO1. The van der Waals surface area contributed by atoms with E-state index in [9.17, 15) is 19.2 Å². The van der Waals surface area contributed by atoms with Gasteiger partial charge in [-0.25, -0.2) is 4.99 Å². The lowest BCUT2D eigenvalue weighted by atomic mass is 9.93. The van der Waals surface area contributed by atoms with Gasteiger partial charge in [0.1, 0.15) is 23.5 Å². The Morgan fingerprint density at radius 2 is 1.73 bits per heavy atom. The quantitative estimate of drug-likeness (QED) is 0.217. The second-order valence-electron chi connectivity index (χ2n) is 13.0. The molecule has 0 bridgehead atoms. The number of ether oxygens (including phenoxy) is 2. The Labute approximate surface area is 264 Å². The molecule has 1 aromatic heterocycles. The van der Waals surface area contributed by atoms with Crippen molar-refractivity contribution in [1.29, 1.82) is 0 Å². The van der Waals surface area contributed by atoms with E-state index in [4.69, 9.17) is 14.3 Å². The number of nitrogens with zero attached hydrogens (tertiary/aromatic N) is 4. The van der Waals surface area contributed by atoms with Gasteiger partial charge in [-0.15, -0.1) is 0 Å². The van der Waals surface area contributed by atoms with Crippen LogP contribution >= 0.6 is 0 Å².